The molecule has 2 unspecified atom stereocenters. The van der Waals surface area contributed by atoms with Crippen LogP contribution in [0.15, 0.2) is 24.3 Å². The van der Waals surface area contributed by atoms with Crippen molar-refractivity contribution in [1.29, 1.82) is 0 Å². The normalized spacial score (nSPS) is 13.5. The van der Waals surface area contributed by atoms with Gasteiger partial charge in [-0.1, -0.05) is 31.9 Å². The van der Waals surface area contributed by atoms with Crippen molar-refractivity contribution in [3.05, 3.63) is 35.4 Å². The molecule has 0 aromatic heterocycles. The molecule has 0 radical (unpaired) electrons. The maximum Gasteiger partial charge on any atom is 0.344 e. The van der Waals surface area contributed by atoms with Gasteiger partial charge in [-0.15, -0.1) is 0 Å². The van der Waals surface area contributed by atoms with E-state index in [9.17, 15) is 22.8 Å². The number of hydrogen-bond acceptors (Lipinski definition) is 5. The predicted molar refractivity (Wildman–Crippen MR) is 118 cm³/mol. The van der Waals surface area contributed by atoms with Crippen LogP contribution in [-0.2, 0) is 26.3 Å². The van der Waals surface area contributed by atoms with Crippen LogP contribution < -0.4 is 10.6 Å². The van der Waals surface area contributed by atoms with Crippen LogP contribution in [0.25, 0.3) is 0 Å². The Morgan fingerprint density at radius 3 is 2.09 bits per heavy atom. The molecule has 0 aliphatic rings. The van der Waals surface area contributed by atoms with Gasteiger partial charge in [0.2, 0.25) is 5.91 Å². The lowest BCUT2D eigenvalue weighted by atomic mass is 10.1. The summed E-state index contributed by atoms with van der Waals surface area (Å²) < 4.78 is 31.7. The molecular weight excluding hydrogens is 438 g/mol. The van der Waals surface area contributed by atoms with Gasteiger partial charge in [-0.3, -0.25) is 14.1 Å². The number of carbonyl (C=O) groups is 3. The molecule has 0 spiro atoms. The molecule has 11 heteroatoms. The van der Waals surface area contributed by atoms with Crippen LogP contribution in [-0.4, -0.2) is 72.4 Å². The first kappa shape index (κ1) is 27.1. The van der Waals surface area contributed by atoms with Crippen molar-refractivity contribution in [3.8, 4) is 11.8 Å². The highest BCUT2D eigenvalue weighted by molar-refractivity contribution is 7.87. The molecule has 0 saturated carbocycles. The third-order valence-corrected chi connectivity index (χ3v) is 5.18. The van der Waals surface area contributed by atoms with E-state index in [-0.39, 0.29) is 5.56 Å². The minimum Gasteiger partial charge on any atom is -0.479 e. The average Bonchev–Trinajstić information content (AvgIpc) is 2.64. The molecule has 1 aromatic carbocycles. The monoisotopic (exact) mass is 468 g/mol. The lowest BCUT2D eigenvalue weighted by Crippen LogP contribution is -2.52. The number of carbonyl (C=O) groups excluding carboxylic acids is 2. The van der Waals surface area contributed by atoms with Crippen molar-refractivity contribution in [2.75, 3.05) is 20.6 Å². The molecule has 0 fully saturated rings. The molecule has 1 rings (SSSR count). The van der Waals surface area contributed by atoms with Crippen LogP contribution in [0.1, 0.15) is 36.7 Å². The summed E-state index contributed by atoms with van der Waals surface area (Å²) in [4.78, 5) is 35.3. The van der Waals surface area contributed by atoms with Crippen LogP contribution in [0.2, 0.25) is 0 Å². The van der Waals surface area contributed by atoms with Crippen molar-refractivity contribution in [3.63, 3.8) is 0 Å². The second-order valence-corrected chi connectivity index (χ2v) is 9.86. The van der Waals surface area contributed by atoms with Gasteiger partial charge in [0.1, 0.15) is 19.1 Å². The van der Waals surface area contributed by atoms with Gasteiger partial charge in [-0.05, 0) is 25.0 Å². The van der Waals surface area contributed by atoms with Crippen molar-refractivity contribution >= 4 is 27.9 Å². The van der Waals surface area contributed by atoms with Crippen LogP contribution in [0.3, 0.4) is 0 Å². The first-order valence-electron chi connectivity index (χ1n) is 9.82. The van der Waals surface area contributed by atoms with Gasteiger partial charge in [0.05, 0.1) is 14.1 Å². The number of rotatable bonds is 9. The number of nitrogens with one attached hydrogen (secondary N) is 2. The summed E-state index contributed by atoms with van der Waals surface area (Å²) in [7, 11) is -0.961. The second kappa shape index (κ2) is 11.1. The number of hydrogen-bond donors (Lipinski definition) is 4. The molecule has 4 N–H and O–H groups in total. The highest BCUT2D eigenvalue weighted by atomic mass is 32.2. The zero-order valence-corrected chi connectivity index (χ0v) is 19.6. The van der Waals surface area contributed by atoms with E-state index in [1.54, 1.807) is 29.6 Å². The fraction of sp³-hybridized carbons (Fsp3) is 0.476. The van der Waals surface area contributed by atoms with E-state index in [1.807, 2.05) is 27.9 Å². The molecule has 0 aliphatic heterocycles. The fourth-order valence-corrected chi connectivity index (χ4v) is 3.16. The molecule has 10 nitrogen and oxygen atoms in total. The Hall–Kier alpha value is -2.94. The third kappa shape index (κ3) is 9.05. The average molecular weight is 469 g/mol. The summed E-state index contributed by atoms with van der Waals surface area (Å²) in [5, 5.41) is 10.3. The second-order valence-electron chi connectivity index (χ2n) is 8.36. The molecular formula is C21H30N3O7S+. The van der Waals surface area contributed by atoms with Crippen molar-refractivity contribution in [2.24, 2.45) is 5.92 Å². The highest BCUT2D eigenvalue weighted by Crippen LogP contribution is 2.11. The number of nitrogens with zero attached hydrogens (tertiary/aromatic N) is 1. The number of carboxylic acids is 1. The van der Waals surface area contributed by atoms with E-state index < -0.39 is 39.3 Å². The van der Waals surface area contributed by atoms with Gasteiger partial charge in [-0.2, -0.15) is 8.42 Å². The largest absolute Gasteiger partial charge is 0.479 e. The Labute approximate surface area is 188 Å². The van der Waals surface area contributed by atoms with Gasteiger partial charge in [0, 0.05) is 17.0 Å². The molecule has 2 amide bonds. The maximum absolute atomic E-state index is 12.4. The van der Waals surface area contributed by atoms with Gasteiger partial charge in [0.15, 0.2) is 0 Å². The van der Waals surface area contributed by atoms with E-state index in [1.165, 1.54) is 6.92 Å². The summed E-state index contributed by atoms with van der Waals surface area (Å²) >= 11 is 0. The quantitative estimate of drug-likeness (QED) is 0.233. The molecule has 2 atom stereocenters. The van der Waals surface area contributed by atoms with Crippen LogP contribution >= 0.6 is 0 Å². The van der Waals surface area contributed by atoms with E-state index in [2.05, 4.69) is 17.2 Å². The van der Waals surface area contributed by atoms with Gasteiger partial charge in [0.25, 0.3) is 21.4 Å². The Morgan fingerprint density at radius 2 is 1.62 bits per heavy atom. The predicted octanol–water partition coefficient (Wildman–Crippen LogP) is 0.455. The fourth-order valence-electron chi connectivity index (χ4n) is 2.64. The van der Waals surface area contributed by atoms with Gasteiger partial charge < -0.3 is 20.2 Å². The van der Waals surface area contributed by atoms with Crippen molar-refractivity contribution in [2.45, 2.75) is 38.7 Å². The lowest BCUT2D eigenvalue weighted by molar-refractivity contribution is -0.896. The number of quaternary nitrogens is 1. The summed E-state index contributed by atoms with van der Waals surface area (Å²) in [6.07, 6.45) is 0. The Balaban J connectivity index is 2.75. The smallest absolute Gasteiger partial charge is 0.344 e. The van der Waals surface area contributed by atoms with Crippen LogP contribution in [0, 0.1) is 17.8 Å². The summed E-state index contributed by atoms with van der Waals surface area (Å²) in [5.41, 5.74) is 1.25. The maximum atomic E-state index is 12.4. The van der Waals surface area contributed by atoms with Gasteiger partial charge >= 0.3 is 5.97 Å². The zero-order valence-electron chi connectivity index (χ0n) is 18.7. The number of aliphatic carboxylic acids is 1. The molecule has 1 aromatic rings. The van der Waals surface area contributed by atoms with Crippen molar-refractivity contribution < 1.29 is 36.9 Å². The highest BCUT2D eigenvalue weighted by Gasteiger charge is 2.34. The molecule has 0 bridgehead atoms. The van der Waals surface area contributed by atoms with Crippen molar-refractivity contribution in [1.82, 2.24) is 10.6 Å². The molecule has 32 heavy (non-hydrogen) atoms. The van der Waals surface area contributed by atoms with Crippen LogP contribution in [0.4, 0.5) is 0 Å². The molecule has 0 aliphatic carbocycles. The van der Waals surface area contributed by atoms with Crippen LogP contribution in [0.5, 0.6) is 0 Å². The number of benzene rings is 1. The van der Waals surface area contributed by atoms with Gasteiger partial charge in [-0.25, -0.2) is 4.79 Å². The minimum absolute atomic E-state index is 0.267. The number of amides is 2. The summed E-state index contributed by atoms with van der Waals surface area (Å²) in [5.74, 6) is 2.97. The Kier molecular flexibility index (Phi) is 9.38. The summed E-state index contributed by atoms with van der Waals surface area (Å²) in [6.45, 7) is 6.68. The molecule has 176 valence electrons. The van der Waals surface area contributed by atoms with E-state index in [0.29, 0.717) is 23.5 Å². The molecule has 0 heterocycles. The van der Waals surface area contributed by atoms with E-state index in [0.717, 1.165) is 5.56 Å². The minimum atomic E-state index is -5.06. The lowest BCUT2D eigenvalue weighted by Gasteiger charge is -2.27. The zero-order chi connectivity index (χ0) is 24.7. The Morgan fingerprint density at radius 1 is 1.06 bits per heavy atom. The topological polar surface area (TPSA) is 150 Å². The Bertz CT molecular complexity index is 1010. The number of carboxylic acid groups (broad SMARTS) is 1. The summed E-state index contributed by atoms with van der Waals surface area (Å²) in [6, 6.07) is 5.50. The standard InChI is InChI=1S/C21H29N3O7S/c1-14(2)7-6-12-24(4,5)13-16-8-10-17(11-9-16)19(26)22-15(3)18(25)23-20(21(27)28)32(29,30)31/h8-11,14-15,20H,12-13H2,1-5H3,(H3-,22,23,25,26,27,28,29,30,31)/p+1. The third-order valence-electron chi connectivity index (χ3n) is 4.26. The molecule has 0 saturated heterocycles. The first-order chi connectivity index (χ1) is 14.6. The first-order valence-corrected chi connectivity index (χ1v) is 11.3. The van der Waals surface area contributed by atoms with E-state index in [4.69, 9.17) is 9.66 Å². The SMILES string of the molecule is CC(C)C#CC[N+](C)(C)Cc1ccc(C(=O)NC(C)C(=O)NC(C(=O)O)S(=O)(=O)O)cc1. The van der Waals surface area contributed by atoms with E-state index >= 15 is 0 Å².